The molecule has 0 heterocycles. The van der Waals surface area contributed by atoms with Crippen molar-refractivity contribution in [3.63, 3.8) is 0 Å². The predicted octanol–water partition coefficient (Wildman–Crippen LogP) is 2.78. The van der Waals surface area contributed by atoms with Crippen LogP contribution >= 0.6 is 0 Å². The Labute approximate surface area is 197 Å². The van der Waals surface area contributed by atoms with Crippen LogP contribution in [0.2, 0.25) is 0 Å². The fourth-order valence-electron chi connectivity index (χ4n) is 4.03. The average Bonchev–Trinajstić information content (AvgIpc) is 3.14. The summed E-state index contributed by atoms with van der Waals surface area (Å²) in [7, 11) is 1.43. The number of aliphatic carboxylic acids is 1. The molecule has 0 aromatic heterocycles. The minimum atomic E-state index is -1.33. The van der Waals surface area contributed by atoms with Gasteiger partial charge in [-0.3, -0.25) is 14.4 Å². The molecule has 2 amide bonds. The van der Waals surface area contributed by atoms with Crippen LogP contribution in [-0.2, 0) is 23.9 Å². The van der Waals surface area contributed by atoms with Gasteiger partial charge in [0.15, 0.2) is 0 Å². The number of ether oxygens (including phenoxy) is 2. The number of carboxylic acids is 1. The maximum Gasteiger partial charge on any atom is 0.407 e. The number of amides is 2. The number of fused-ring (bicyclic) bond motifs is 3. The van der Waals surface area contributed by atoms with Crippen molar-refractivity contribution in [2.24, 2.45) is 0 Å². The van der Waals surface area contributed by atoms with Crippen LogP contribution in [0.5, 0.6) is 0 Å². The molecule has 0 saturated carbocycles. The van der Waals surface area contributed by atoms with E-state index in [0.29, 0.717) is 0 Å². The topological polar surface area (TPSA) is 122 Å². The Balaban J connectivity index is 1.62. The number of nitrogens with zero attached hydrogens (tertiary/aromatic N) is 1. The number of esters is 1. The molecule has 3 rings (SSSR count). The molecule has 1 unspecified atom stereocenters. The Morgan fingerprint density at radius 1 is 1.00 bits per heavy atom. The second-order valence-electron chi connectivity index (χ2n) is 7.94. The lowest BCUT2D eigenvalue weighted by molar-refractivity contribution is -0.145. The third-order valence-corrected chi connectivity index (χ3v) is 5.65. The summed E-state index contributed by atoms with van der Waals surface area (Å²) in [6, 6.07) is 14.4. The number of rotatable bonds is 10. The van der Waals surface area contributed by atoms with E-state index in [4.69, 9.17) is 9.47 Å². The van der Waals surface area contributed by atoms with Gasteiger partial charge in [-0.25, -0.2) is 4.79 Å². The van der Waals surface area contributed by atoms with Gasteiger partial charge < -0.3 is 24.8 Å². The van der Waals surface area contributed by atoms with Crippen molar-refractivity contribution in [1.29, 1.82) is 0 Å². The number of likely N-dealkylation sites (N-methyl/N-ethyl adjacent to an activating group) is 1. The lowest BCUT2D eigenvalue weighted by atomic mass is 9.98. The number of alkyl carbamates (subject to hydrolysis) is 1. The van der Waals surface area contributed by atoms with E-state index in [9.17, 15) is 24.3 Å². The Morgan fingerprint density at radius 2 is 1.59 bits per heavy atom. The summed E-state index contributed by atoms with van der Waals surface area (Å²) in [5, 5.41) is 11.6. The first-order valence-corrected chi connectivity index (χ1v) is 11.1. The molecule has 34 heavy (non-hydrogen) atoms. The molecule has 0 aliphatic heterocycles. The molecule has 0 bridgehead atoms. The Morgan fingerprint density at radius 3 is 2.15 bits per heavy atom. The molecule has 9 heteroatoms. The van der Waals surface area contributed by atoms with Gasteiger partial charge in [0.05, 0.1) is 19.4 Å². The molecule has 2 aromatic carbocycles. The van der Waals surface area contributed by atoms with E-state index >= 15 is 0 Å². The van der Waals surface area contributed by atoms with Crippen molar-refractivity contribution in [3.05, 3.63) is 59.7 Å². The number of hydrogen-bond acceptors (Lipinski definition) is 6. The van der Waals surface area contributed by atoms with Crippen molar-refractivity contribution in [1.82, 2.24) is 10.2 Å². The Hall–Kier alpha value is -3.88. The lowest BCUT2D eigenvalue weighted by Gasteiger charge is -2.23. The van der Waals surface area contributed by atoms with E-state index in [-0.39, 0.29) is 32.1 Å². The maximum atomic E-state index is 12.7. The zero-order valence-electron chi connectivity index (χ0n) is 19.2. The monoisotopic (exact) mass is 468 g/mol. The summed E-state index contributed by atoms with van der Waals surface area (Å²) in [6.45, 7) is 1.96. The molecule has 1 aliphatic carbocycles. The third kappa shape index (κ3) is 5.92. The van der Waals surface area contributed by atoms with Crippen LogP contribution in [0.3, 0.4) is 0 Å². The molecule has 0 fully saturated rings. The van der Waals surface area contributed by atoms with Crippen LogP contribution in [-0.4, -0.2) is 66.8 Å². The number of hydrogen-bond donors (Lipinski definition) is 2. The molecule has 0 saturated heterocycles. The molecule has 0 radical (unpaired) electrons. The molecular formula is C25H28N2O7. The molecule has 1 atom stereocenters. The highest BCUT2D eigenvalue weighted by Crippen LogP contribution is 2.44. The van der Waals surface area contributed by atoms with Crippen LogP contribution in [0, 0.1) is 0 Å². The van der Waals surface area contributed by atoms with Crippen molar-refractivity contribution >= 4 is 23.9 Å². The van der Waals surface area contributed by atoms with Gasteiger partial charge in [0.1, 0.15) is 12.6 Å². The number of carboxylic acid groups (broad SMARTS) is 1. The first-order valence-electron chi connectivity index (χ1n) is 11.1. The fourth-order valence-corrected chi connectivity index (χ4v) is 4.03. The maximum absolute atomic E-state index is 12.7. The highest BCUT2D eigenvalue weighted by atomic mass is 16.5. The summed E-state index contributed by atoms with van der Waals surface area (Å²) in [5.41, 5.74) is 4.23. The predicted molar refractivity (Wildman–Crippen MR) is 123 cm³/mol. The van der Waals surface area contributed by atoms with Gasteiger partial charge in [-0.05, 0) is 29.2 Å². The van der Waals surface area contributed by atoms with Crippen LogP contribution in [0.1, 0.15) is 36.8 Å². The Kier molecular flexibility index (Phi) is 8.24. The number of carbonyl (C=O) groups is 4. The van der Waals surface area contributed by atoms with Gasteiger partial charge in [0.2, 0.25) is 5.91 Å². The average molecular weight is 469 g/mol. The molecule has 2 N–H and O–H groups in total. The van der Waals surface area contributed by atoms with E-state index in [1.54, 1.807) is 6.92 Å². The second-order valence-corrected chi connectivity index (χ2v) is 7.94. The van der Waals surface area contributed by atoms with Gasteiger partial charge in [-0.2, -0.15) is 0 Å². The fraction of sp³-hybridized carbons (Fsp3) is 0.360. The van der Waals surface area contributed by atoms with Crippen molar-refractivity contribution in [2.75, 3.05) is 26.8 Å². The summed E-state index contributed by atoms with van der Waals surface area (Å²) in [5.74, 6) is -2.53. The smallest absolute Gasteiger partial charge is 0.407 e. The quantitative estimate of drug-likeness (QED) is 0.514. The van der Waals surface area contributed by atoms with Gasteiger partial charge >= 0.3 is 18.0 Å². The number of nitrogens with one attached hydrogen (secondary N) is 1. The van der Waals surface area contributed by atoms with Crippen LogP contribution < -0.4 is 5.32 Å². The number of carbonyl (C=O) groups excluding carboxylic acids is 3. The summed E-state index contributed by atoms with van der Waals surface area (Å²) >= 11 is 0. The van der Waals surface area contributed by atoms with E-state index in [1.165, 1.54) is 11.9 Å². The van der Waals surface area contributed by atoms with E-state index in [0.717, 1.165) is 22.3 Å². The summed E-state index contributed by atoms with van der Waals surface area (Å²) < 4.78 is 10.3. The van der Waals surface area contributed by atoms with Crippen LogP contribution in [0.15, 0.2) is 48.5 Å². The second kappa shape index (κ2) is 11.3. The highest BCUT2D eigenvalue weighted by molar-refractivity contribution is 5.89. The molecule has 180 valence electrons. The van der Waals surface area contributed by atoms with Gasteiger partial charge in [0, 0.05) is 19.5 Å². The van der Waals surface area contributed by atoms with Crippen molar-refractivity contribution in [3.8, 4) is 11.1 Å². The SMILES string of the molecule is CCOC(=O)CCN(C)C(=O)C(CC(=O)O)NC(=O)OCC1c2ccccc2-c2ccccc21. The van der Waals surface area contributed by atoms with Crippen LogP contribution in [0.4, 0.5) is 4.79 Å². The third-order valence-electron chi connectivity index (χ3n) is 5.65. The molecule has 0 spiro atoms. The standard InChI is InChI=1S/C25H28N2O7/c1-3-33-23(30)12-13-27(2)24(31)21(14-22(28)29)26-25(32)34-15-20-18-10-6-4-8-16(18)17-9-5-7-11-19(17)20/h4-11,20-21H,3,12-15H2,1-2H3,(H,26,32)(H,28,29). The van der Waals surface area contributed by atoms with Crippen LogP contribution in [0.25, 0.3) is 11.1 Å². The minimum Gasteiger partial charge on any atom is -0.481 e. The van der Waals surface area contributed by atoms with E-state index < -0.39 is 36.4 Å². The van der Waals surface area contributed by atoms with Gasteiger partial charge in [0.25, 0.3) is 0 Å². The largest absolute Gasteiger partial charge is 0.481 e. The molecule has 2 aromatic rings. The van der Waals surface area contributed by atoms with Crippen molar-refractivity contribution < 1.29 is 33.8 Å². The molecular weight excluding hydrogens is 440 g/mol. The first kappa shape index (κ1) is 24.8. The summed E-state index contributed by atoms with van der Waals surface area (Å²) in [6.07, 6.45) is -1.55. The van der Waals surface area contributed by atoms with E-state index in [1.807, 2.05) is 48.5 Å². The van der Waals surface area contributed by atoms with Crippen molar-refractivity contribution in [2.45, 2.75) is 31.7 Å². The zero-order chi connectivity index (χ0) is 24.7. The zero-order valence-corrected chi connectivity index (χ0v) is 19.2. The minimum absolute atomic E-state index is 0.0279. The number of benzene rings is 2. The molecule has 9 nitrogen and oxygen atoms in total. The Bertz CT molecular complexity index is 1020. The molecule has 1 aliphatic rings. The summed E-state index contributed by atoms with van der Waals surface area (Å²) in [4.78, 5) is 49.2. The lowest BCUT2D eigenvalue weighted by Crippen LogP contribution is -2.49. The van der Waals surface area contributed by atoms with E-state index in [2.05, 4.69) is 5.32 Å². The highest BCUT2D eigenvalue weighted by Gasteiger charge is 2.31. The normalized spacial score (nSPS) is 12.8. The van der Waals surface area contributed by atoms with Gasteiger partial charge in [-0.1, -0.05) is 48.5 Å². The first-order chi connectivity index (χ1) is 16.3. The van der Waals surface area contributed by atoms with Gasteiger partial charge in [-0.15, -0.1) is 0 Å².